The van der Waals surface area contributed by atoms with Gasteiger partial charge in [-0.15, -0.1) is 0 Å². The molecule has 6 N–H and O–H groups in total. The number of hydrogen-bond donors (Lipinski definition) is 6. The predicted molar refractivity (Wildman–Crippen MR) is 222 cm³/mol. The smallest absolute Gasteiger partial charge is 0.347 e. The van der Waals surface area contributed by atoms with Crippen molar-refractivity contribution >= 4 is 112 Å². The van der Waals surface area contributed by atoms with Crippen molar-refractivity contribution in [1.82, 2.24) is 0 Å². The van der Waals surface area contributed by atoms with Gasteiger partial charge in [0, 0.05) is 12.2 Å². The van der Waals surface area contributed by atoms with E-state index in [0.717, 1.165) is 12.2 Å². The van der Waals surface area contributed by atoms with Gasteiger partial charge in [0.1, 0.15) is 0 Å². The fourth-order valence-corrected chi connectivity index (χ4v) is 7.40. The van der Waals surface area contributed by atoms with Crippen LogP contribution in [0.3, 0.4) is 0 Å². The molecule has 0 aliphatic carbocycles. The first kappa shape index (κ1) is 49.1. The van der Waals surface area contributed by atoms with Crippen LogP contribution in [0.1, 0.15) is 62.1 Å². The molecule has 9 aromatic rings. The van der Waals surface area contributed by atoms with Crippen LogP contribution in [0.4, 0.5) is 0 Å². The molecular formula is C40H8O33. The highest BCUT2D eigenvalue weighted by atomic mass is 16.6. The molecule has 0 saturated carbocycles. The third-order valence-corrected chi connectivity index (χ3v) is 9.90. The number of rotatable bonds is 6. The van der Waals surface area contributed by atoms with E-state index in [1.165, 1.54) is 0 Å². The summed E-state index contributed by atoms with van der Waals surface area (Å²) >= 11 is 0. The van der Waals surface area contributed by atoms with Crippen molar-refractivity contribution in [1.29, 1.82) is 0 Å². The highest BCUT2D eigenvalue weighted by Gasteiger charge is 2.36. The van der Waals surface area contributed by atoms with E-state index in [9.17, 15) is 95.9 Å². The van der Waals surface area contributed by atoms with Crippen molar-refractivity contribution in [3.63, 3.8) is 0 Å². The molecule has 0 saturated heterocycles. The maximum absolute atomic E-state index is 11.6. The number of fused-ring (bicyclic) bond motifs is 9. The van der Waals surface area contributed by atoms with E-state index >= 15 is 0 Å². The second-order valence-electron chi connectivity index (χ2n) is 13.7. The molecule has 3 aromatic carbocycles. The summed E-state index contributed by atoms with van der Waals surface area (Å²) in [6.45, 7) is 0. The summed E-state index contributed by atoms with van der Waals surface area (Å²) in [4.78, 5) is 227. The van der Waals surface area contributed by atoms with Gasteiger partial charge < -0.3 is 61.9 Å². The van der Waals surface area contributed by atoms with Crippen LogP contribution in [-0.2, 0) is 14.3 Å². The van der Waals surface area contributed by atoms with Crippen molar-refractivity contribution < 1.29 is 100 Å². The van der Waals surface area contributed by atoms with E-state index in [-0.39, 0.29) is 0 Å². The molecule has 0 unspecified atom stereocenters. The molecule has 366 valence electrons. The summed E-state index contributed by atoms with van der Waals surface area (Å²) in [5.74, 6) is -12.4. The third kappa shape index (κ3) is 7.47. The molecule has 0 fully saturated rings. The molecule has 0 atom stereocenters. The summed E-state index contributed by atoms with van der Waals surface area (Å²) in [6.07, 6.45) is 2.17. The van der Waals surface area contributed by atoms with Crippen LogP contribution in [0.15, 0.2) is 96.2 Å². The van der Waals surface area contributed by atoms with Crippen LogP contribution in [-0.4, -0.2) is 78.4 Å². The standard InChI is InChI=1S/3C12H2O10.C4H2O3/c3*13-7(14)1-2(8(15)16)4-6(12(20)22-10(4)18)5-3(1)9(17)21-11(5)19;5-3-1-2-4(6)7-3/h3*(H,13,14)(H,15,16);1-2H. The number of carbonyl (C=O) groups excluding carboxylic acids is 2. The number of esters is 2. The number of cyclic esters (lactones) is 2. The van der Waals surface area contributed by atoms with Gasteiger partial charge in [-0.3, -0.25) is 0 Å². The van der Waals surface area contributed by atoms with Gasteiger partial charge >= 0.3 is 115 Å². The van der Waals surface area contributed by atoms with Crippen LogP contribution in [0.25, 0.3) is 64.6 Å². The van der Waals surface area contributed by atoms with Gasteiger partial charge in [-0.05, 0) is 0 Å². The molecule has 0 radical (unpaired) electrons. The molecule has 33 nitrogen and oxygen atoms in total. The Hall–Kier alpha value is -11.8. The minimum Gasteiger partial charge on any atom is -0.478 e. The zero-order chi connectivity index (χ0) is 54.3. The number of carbonyl (C=O) groups is 8. The van der Waals surface area contributed by atoms with Crippen molar-refractivity contribution in [2.75, 3.05) is 0 Å². The SMILES string of the molecule is O=C(O)c1c(C(=O)O)c2c(=O)oc(=O)c2c2c(=O)oc(=O)c12.O=C(O)c1c(C(=O)O)c2c(=O)oc(=O)c2c2c(=O)oc(=O)c12.O=C(O)c1c(C(=O)O)c2c(=O)oc(=O)c2c2c(=O)oc(=O)c12.O=C1C=CC(=O)O1. The van der Waals surface area contributed by atoms with Crippen LogP contribution in [0.5, 0.6) is 0 Å². The fourth-order valence-electron chi connectivity index (χ4n) is 7.40. The number of carboxylic acids is 6. The molecule has 0 bridgehead atoms. The number of ether oxygens (including phenoxy) is 1. The summed E-state index contributed by atoms with van der Waals surface area (Å²) < 4.78 is 29.2. The minimum absolute atomic E-state index is 0.579. The summed E-state index contributed by atoms with van der Waals surface area (Å²) in [6, 6.07) is 0. The van der Waals surface area contributed by atoms with Gasteiger partial charge in [0.05, 0.1) is 98.0 Å². The van der Waals surface area contributed by atoms with Crippen molar-refractivity contribution in [2.24, 2.45) is 0 Å². The molecule has 7 heterocycles. The van der Waals surface area contributed by atoms with Crippen LogP contribution < -0.4 is 67.5 Å². The lowest BCUT2D eigenvalue weighted by molar-refractivity contribution is -0.150. The number of carboxylic acid groups (broad SMARTS) is 6. The topological polar surface area (TPSA) is 551 Å². The predicted octanol–water partition coefficient (Wildman–Crippen LogP) is -3.70. The number of benzene rings is 3. The first-order chi connectivity index (χ1) is 34.0. The van der Waals surface area contributed by atoms with E-state index in [1.54, 1.807) is 0 Å². The van der Waals surface area contributed by atoms with Crippen molar-refractivity contribution in [2.45, 2.75) is 0 Å². The maximum Gasteiger partial charge on any atom is 0.347 e. The van der Waals surface area contributed by atoms with Crippen molar-refractivity contribution in [3.05, 3.63) is 171 Å². The van der Waals surface area contributed by atoms with Crippen LogP contribution in [0.2, 0.25) is 0 Å². The van der Waals surface area contributed by atoms with E-state index in [0.29, 0.717) is 0 Å². The van der Waals surface area contributed by atoms with Gasteiger partial charge in [0.15, 0.2) is 0 Å². The van der Waals surface area contributed by atoms with E-state index in [1.807, 2.05) is 0 Å². The second-order valence-corrected chi connectivity index (χ2v) is 13.7. The molecule has 73 heavy (non-hydrogen) atoms. The number of hydrogen-bond acceptors (Lipinski definition) is 27. The monoisotopic (exact) mass is 1020 g/mol. The van der Waals surface area contributed by atoms with E-state index in [2.05, 4.69) is 31.2 Å². The Labute approximate surface area is 382 Å². The zero-order valence-corrected chi connectivity index (χ0v) is 33.9. The zero-order valence-electron chi connectivity index (χ0n) is 33.9. The second kappa shape index (κ2) is 17.1. The average Bonchev–Trinajstić information content (AvgIpc) is 4.15. The van der Waals surface area contributed by atoms with Gasteiger partial charge in [-0.1, -0.05) is 0 Å². The third-order valence-electron chi connectivity index (χ3n) is 9.90. The Kier molecular flexibility index (Phi) is 11.5. The minimum atomic E-state index is -1.88. The molecule has 1 aliphatic heterocycles. The quantitative estimate of drug-likeness (QED) is 0.0689. The Morgan fingerprint density at radius 1 is 0.233 bits per heavy atom. The van der Waals surface area contributed by atoms with E-state index < -0.39 is 213 Å². The van der Waals surface area contributed by atoms with Gasteiger partial charge in [-0.25, -0.2) is 95.9 Å². The number of furan rings is 6. The highest BCUT2D eigenvalue weighted by Crippen LogP contribution is 2.29. The molecule has 10 rings (SSSR count). The molecule has 33 heteroatoms. The first-order valence-corrected chi connectivity index (χ1v) is 18.2. The van der Waals surface area contributed by atoms with Crippen molar-refractivity contribution in [3.8, 4) is 0 Å². The number of aromatic carboxylic acids is 6. The molecule has 6 aromatic heterocycles. The van der Waals surface area contributed by atoms with Crippen LogP contribution >= 0.6 is 0 Å². The molecule has 0 spiro atoms. The molecule has 0 amide bonds. The molecular weight excluding hydrogens is 1010 g/mol. The summed E-state index contributed by atoms with van der Waals surface area (Å²) in [5, 5.41) is 44.9. The normalized spacial score (nSPS) is 11.9. The first-order valence-electron chi connectivity index (χ1n) is 18.2. The summed E-state index contributed by atoms with van der Waals surface area (Å²) in [7, 11) is 0. The average molecular weight is 1020 g/mol. The Morgan fingerprint density at radius 3 is 0.452 bits per heavy atom. The van der Waals surface area contributed by atoms with Gasteiger partial charge in [0.2, 0.25) is 0 Å². The lowest BCUT2D eigenvalue weighted by atomic mass is 9.96. The Bertz CT molecular complexity index is 4080. The molecule has 1 aliphatic rings. The lowest BCUT2D eigenvalue weighted by Crippen LogP contribution is -2.15. The lowest BCUT2D eigenvalue weighted by Gasteiger charge is -2.02. The summed E-state index contributed by atoms with van der Waals surface area (Å²) in [5.41, 5.74) is -23.3. The largest absolute Gasteiger partial charge is 0.478 e. The van der Waals surface area contributed by atoms with E-state index in [4.69, 9.17) is 30.6 Å². The fraction of sp³-hybridized carbons (Fsp3) is 0. The van der Waals surface area contributed by atoms with Gasteiger partial charge in [0.25, 0.3) is 0 Å². The maximum atomic E-state index is 11.6. The van der Waals surface area contributed by atoms with Crippen LogP contribution in [0, 0.1) is 0 Å². The Balaban J connectivity index is 0.000000150. The van der Waals surface area contributed by atoms with Gasteiger partial charge in [-0.2, -0.15) is 0 Å². The Morgan fingerprint density at radius 2 is 0.356 bits per heavy atom. The highest BCUT2D eigenvalue weighted by molar-refractivity contribution is 6.26.